The van der Waals surface area contributed by atoms with E-state index in [0.29, 0.717) is 6.42 Å². The lowest BCUT2D eigenvalue weighted by Crippen LogP contribution is -2.40. The van der Waals surface area contributed by atoms with Gasteiger partial charge in [-0.1, -0.05) is 48.5 Å². The monoisotopic (exact) mass is 644 g/mol. The maximum absolute atomic E-state index is 13.9. The quantitative estimate of drug-likeness (QED) is 0.183. The Labute approximate surface area is 260 Å². The maximum atomic E-state index is 13.9. The second-order valence-electron chi connectivity index (χ2n) is 10.4. The molecule has 4 unspecified atom stereocenters. The van der Waals surface area contributed by atoms with Crippen LogP contribution in [0.3, 0.4) is 0 Å². The van der Waals surface area contributed by atoms with Gasteiger partial charge >= 0.3 is 25.5 Å². The first-order valence-corrected chi connectivity index (χ1v) is 15.8. The largest absolute Gasteiger partial charge is 0.462 e. The summed E-state index contributed by atoms with van der Waals surface area (Å²) in [6.07, 6.45) is 0.0382. The second-order valence-corrected chi connectivity index (χ2v) is 12.1. The number of carbonyl (C=O) groups excluding carboxylic acids is 2. The molecular formula is C30H37N4O10P. The number of hydrogen-bond acceptors (Lipinski definition) is 11. The summed E-state index contributed by atoms with van der Waals surface area (Å²) in [6.45, 7) is 4.55. The van der Waals surface area contributed by atoms with Gasteiger partial charge in [-0.2, -0.15) is 10.1 Å². The fourth-order valence-corrected chi connectivity index (χ4v) is 5.83. The minimum Gasteiger partial charge on any atom is -0.462 e. The fourth-order valence-electron chi connectivity index (χ4n) is 4.30. The molecule has 1 aliphatic heterocycles. The number of anilines is 1. The smallest absolute Gasteiger partial charge is 0.459 e. The van der Waals surface area contributed by atoms with E-state index in [1.165, 1.54) is 30.9 Å². The van der Waals surface area contributed by atoms with Gasteiger partial charge in [0.1, 0.15) is 37.1 Å². The molecule has 45 heavy (non-hydrogen) atoms. The van der Waals surface area contributed by atoms with Crippen LogP contribution in [0.4, 0.5) is 10.6 Å². The van der Waals surface area contributed by atoms with E-state index in [2.05, 4.69) is 15.4 Å². The van der Waals surface area contributed by atoms with Crippen molar-refractivity contribution >= 4 is 25.6 Å². The average molecular weight is 645 g/mol. The van der Waals surface area contributed by atoms with Crippen molar-refractivity contribution in [3.63, 3.8) is 0 Å². The molecule has 0 saturated carbocycles. The zero-order valence-corrected chi connectivity index (χ0v) is 26.3. The zero-order chi connectivity index (χ0) is 32.5. The minimum absolute atomic E-state index is 0.00355. The molecule has 2 heterocycles. The van der Waals surface area contributed by atoms with E-state index in [1.54, 1.807) is 44.2 Å². The summed E-state index contributed by atoms with van der Waals surface area (Å²) in [7, 11) is -2.80. The summed E-state index contributed by atoms with van der Waals surface area (Å²) in [5.41, 5.74) is 0.118. The third-order valence-corrected chi connectivity index (χ3v) is 8.18. The Morgan fingerprint density at radius 3 is 2.42 bits per heavy atom. The zero-order valence-electron chi connectivity index (χ0n) is 25.4. The van der Waals surface area contributed by atoms with Crippen LogP contribution >= 0.6 is 7.75 Å². The second kappa shape index (κ2) is 15.3. The Balaban J connectivity index is 1.40. The standard InChI is InChI=1S/C30H37N4O10P/c1-21(2)42-27(35)22(3)33-45(38,44-24-13-9-6-10-14-24)41-20-30(39-4)17-15-26(43-30)34-18-16-25(31-28(34)36)32-29(37)40-19-23-11-7-5-8-12-23/h5-14,16,18,21-22,26H,15,17,19-20H2,1-4H3,(H,33,38)(H,31,32,36,37). The third-order valence-electron chi connectivity index (χ3n) is 6.56. The Morgan fingerprint density at radius 1 is 1.09 bits per heavy atom. The molecule has 3 aromatic rings. The van der Waals surface area contributed by atoms with E-state index in [9.17, 15) is 18.9 Å². The summed E-state index contributed by atoms with van der Waals surface area (Å²) in [6, 6.07) is 17.9. The summed E-state index contributed by atoms with van der Waals surface area (Å²) >= 11 is 0. The molecule has 0 bridgehead atoms. The molecule has 0 radical (unpaired) electrons. The Morgan fingerprint density at radius 2 is 1.78 bits per heavy atom. The van der Waals surface area contributed by atoms with E-state index < -0.39 is 43.6 Å². The fraction of sp³-hybridized carbons (Fsp3) is 0.400. The van der Waals surface area contributed by atoms with Gasteiger partial charge in [0.05, 0.1) is 6.10 Å². The van der Waals surface area contributed by atoms with Gasteiger partial charge in [-0.15, -0.1) is 0 Å². The van der Waals surface area contributed by atoms with Crippen molar-refractivity contribution in [1.82, 2.24) is 14.6 Å². The van der Waals surface area contributed by atoms with Gasteiger partial charge in [-0.25, -0.2) is 14.2 Å². The van der Waals surface area contributed by atoms with Crippen LogP contribution in [0.5, 0.6) is 5.75 Å². The Hall–Kier alpha value is -4.07. The highest BCUT2D eigenvalue weighted by Crippen LogP contribution is 2.47. The molecule has 15 heteroatoms. The number of hydrogen-bond donors (Lipinski definition) is 2. The van der Waals surface area contributed by atoms with Crippen LogP contribution in [0.15, 0.2) is 77.7 Å². The molecule has 242 valence electrons. The van der Waals surface area contributed by atoms with Gasteiger partial charge in [0.15, 0.2) is 5.79 Å². The highest BCUT2D eigenvalue weighted by molar-refractivity contribution is 7.52. The van der Waals surface area contributed by atoms with Gasteiger partial charge in [-0.05, 0) is 51.0 Å². The summed E-state index contributed by atoms with van der Waals surface area (Å²) < 4.78 is 48.7. The van der Waals surface area contributed by atoms with Crippen molar-refractivity contribution in [2.24, 2.45) is 0 Å². The Bertz CT molecular complexity index is 1540. The van der Waals surface area contributed by atoms with E-state index in [-0.39, 0.29) is 37.3 Å². The van der Waals surface area contributed by atoms with Crippen molar-refractivity contribution in [2.75, 3.05) is 19.0 Å². The van der Waals surface area contributed by atoms with Crippen molar-refractivity contribution < 1.29 is 42.1 Å². The lowest BCUT2D eigenvalue weighted by atomic mass is 10.2. The lowest BCUT2D eigenvalue weighted by molar-refractivity contribution is -0.239. The van der Waals surface area contributed by atoms with Crippen molar-refractivity contribution in [2.45, 2.75) is 64.4 Å². The summed E-state index contributed by atoms with van der Waals surface area (Å²) in [5, 5.41) is 5.05. The van der Waals surface area contributed by atoms with Gasteiger partial charge in [0.2, 0.25) is 0 Å². The number of ether oxygens (including phenoxy) is 4. The van der Waals surface area contributed by atoms with E-state index in [1.807, 2.05) is 30.3 Å². The molecule has 0 aliphatic carbocycles. The van der Waals surface area contributed by atoms with Crippen molar-refractivity contribution in [1.29, 1.82) is 0 Å². The summed E-state index contributed by atoms with van der Waals surface area (Å²) in [5.74, 6) is -1.81. The number of nitrogens with one attached hydrogen (secondary N) is 2. The SMILES string of the molecule is COC1(COP(=O)(NC(C)C(=O)OC(C)C)Oc2ccccc2)CCC(n2ccc(NC(=O)OCc3ccccc3)nc2=O)O1. The number of para-hydroxylation sites is 1. The van der Waals surface area contributed by atoms with E-state index >= 15 is 0 Å². The van der Waals surface area contributed by atoms with Crippen LogP contribution in [0.25, 0.3) is 0 Å². The van der Waals surface area contributed by atoms with Gasteiger partial charge in [-0.3, -0.25) is 19.2 Å². The maximum Gasteiger partial charge on any atom is 0.459 e. The molecule has 4 rings (SSSR count). The van der Waals surface area contributed by atoms with Crippen LogP contribution in [-0.4, -0.2) is 53.3 Å². The van der Waals surface area contributed by atoms with Crippen molar-refractivity contribution in [3.8, 4) is 5.75 Å². The van der Waals surface area contributed by atoms with Crippen LogP contribution in [0, 0.1) is 0 Å². The molecule has 0 spiro atoms. The molecule has 14 nitrogen and oxygen atoms in total. The highest BCUT2D eigenvalue weighted by atomic mass is 31.2. The number of aromatic nitrogens is 2. The number of nitrogens with zero attached hydrogens (tertiary/aromatic N) is 2. The summed E-state index contributed by atoms with van der Waals surface area (Å²) in [4.78, 5) is 41.4. The molecule has 1 amide bonds. The van der Waals surface area contributed by atoms with Crippen molar-refractivity contribution in [3.05, 3.63) is 89.0 Å². The normalized spacial score (nSPS) is 19.8. The first kappa shape index (κ1) is 33.8. The molecule has 2 N–H and O–H groups in total. The lowest BCUT2D eigenvalue weighted by Gasteiger charge is -2.30. The predicted octanol–water partition coefficient (Wildman–Crippen LogP) is 4.78. The molecule has 1 fully saturated rings. The average Bonchev–Trinajstić information content (AvgIpc) is 3.44. The first-order valence-electron chi connectivity index (χ1n) is 14.3. The number of rotatable bonds is 14. The minimum atomic E-state index is -4.19. The highest BCUT2D eigenvalue weighted by Gasteiger charge is 2.45. The van der Waals surface area contributed by atoms with E-state index in [4.69, 9.17) is 28.0 Å². The molecule has 1 aromatic heterocycles. The van der Waals surface area contributed by atoms with Crippen LogP contribution in [0.1, 0.15) is 45.4 Å². The van der Waals surface area contributed by atoms with Gasteiger partial charge in [0, 0.05) is 19.7 Å². The molecule has 1 aliphatic rings. The number of carbonyl (C=O) groups is 2. The molecule has 4 atom stereocenters. The number of esters is 1. The van der Waals surface area contributed by atoms with Crippen LogP contribution in [0.2, 0.25) is 0 Å². The molecular weight excluding hydrogens is 607 g/mol. The Kier molecular flexibility index (Phi) is 11.5. The van der Waals surface area contributed by atoms with E-state index in [0.717, 1.165) is 5.56 Å². The molecule has 2 aromatic carbocycles. The number of methoxy groups -OCH3 is 1. The van der Waals surface area contributed by atoms with Crippen LogP contribution < -0.4 is 20.6 Å². The van der Waals surface area contributed by atoms with Gasteiger partial charge < -0.3 is 23.5 Å². The first-order chi connectivity index (χ1) is 21.5. The molecule has 1 saturated heterocycles. The predicted molar refractivity (Wildman–Crippen MR) is 162 cm³/mol. The third kappa shape index (κ3) is 9.71. The van der Waals surface area contributed by atoms with Crippen LogP contribution in [-0.2, 0) is 39.4 Å². The topological polar surface area (TPSA) is 166 Å². The number of benzene rings is 2. The van der Waals surface area contributed by atoms with Gasteiger partial charge in [0.25, 0.3) is 0 Å². The number of amides is 1.